The minimum atomic E-state index is 0.551. The van der Waals surface area contributed by atoms with Crippen LogP contribution in [0.4, 0.5) is 0 Å². The number of aromatic nitrogens is 1. The van der Waals surface area contributed by atoms with Gasteiger partial charge in [-0.3, -0.25) is 4.90 Å². The molecule has 0 bridgehead atoms. The molecule has 0 aromatic carbocycles. The maximum absolute atomic E-state index is 5.82. The summed E-state index contributed by atoms with van der Waals surface area (Å²) in [4.78, 5) is 6.52. The molecule has 0 saturated carbocycles. The van der Waals surface area contributed by atoms with Crippen LogP contribution in [-0.2, 0) is 11.3 Å². The number of halogens is 1. The van der Waals surface area contributed by atoms with E-state index >= 15 is 0 Å². The first kappa shape index (κ1) is 12.4. The van der Waals surface area contributed by atoms with Gasteiger partial charge in [0, 0.05) is 20.2 Å². The first-order chi connectivity index (χ1) is 7.26. The summed E-state index contributed by atoms with van der Waals surface area (Å²) < 4.78 is 5.05. The van der Waals surface area contributed by atoms with Gasteiger partial charge < -0.3 is 4.74 Å². The second-order valence-corrected chi connectivity index (χ2v) is 3.70. The summed E-state index contributed by atoms with van der Waals surface area (Å²) in [5, 5.41) is 0.551. The van der Waals surface area contributed by atoms with Crippen molar-refractivity contribution in [2.24, 2.45) is 0 Å². The third-order valence-electron chi connectivity index (χ3n) is 2.22. The molecule has 84 valence electrons. The summed E-state index contributed by atoms with van der Waals surface area (Å²) in [6.07, 6.45) is 0. The van der Waals surface area contributed by atoms with E-state index in [2.05, 4.69) is 16.8 Å². The number of hydrogen-bond donors (Lipinski definition) is 0. The van der Waals surface area contributed by atoms with Gasteiger partial charge in [0.1, 0.15) is 5.15 Å². The fourth-order valence-corrected chi connectivity index (χ4v) is 1.52. The highest BCUT2D eigenvalue weighted by atomic mass is 35.5. The lowest BCUT2D eigenvalue weighted by molar-refractivity contribution is 0.147. The van der Waals surface area contributed by atoms with Gasteiger partial charge in [0.25, 0.3) is 0 Å². The van der Waals surface area contributed by atoms with Crippen LogP contribution in [0.2, 0.25) is 5.15 Å². The first-order valence-corrected chi connectivity index (χ1v) is 5.46. The average Bonchev–Trinajstić information content (AvgIpc) is 2.24. The molecule has 4 heteroatoms. The molecule has 0 aliphatic carbocycles. The molecule has 15 heavy (non-hydrogen) atoms. The summed E-state index contributed by atoms with van der Waals surface area (Å²) >= 11 is 5.82. The van der Waals surface area contributed by atoms with Gasteiger partial charge in [0.2, 0.25) is 0 Å². The Kier molecular flexibility index (Phi) is 5.61. The van der Waals surface area contributed by atoms with E-state index in [1.54, 1.807) is 13.2 Å². The van der Waals surface area contributed by atoms with Gasteiger partial charge in [-0.25, -0.2) is 4.98 Å². The molecule has 0 atom stereocenters. The van der Waals surface area contributed by atoms with Crippen molar-refractivity contribution in [3.8, 4) is 0 Å². The van der Waals surface area contributed by atoms with Gasteiger partial charge in [0.15, 0.2) is 0 Å². The Morgan fingerprint density at radius 3 is 2.87 bits per heavy atom. The number of methoxy groups -OCH3 is 1. The number of pyridine rings is 1. The van der Waals surface area contributed by atoms with E-state index in [1.807, 2.05) is 12.1 Å². The van der Waals surface area contributed by atoms with Crippen molar-refractivity contribution >= 4 is 11.6 Å². The van der Waals surface area contributed by atoms with E-state index in [-0.39, 0.29) is 0 Å². The maximum Gasteiger partial charge on any atom is 0.129 e. The predicted molar refractivity (Wildman–Crippen MR) is 62.1 cm³/mol. The SMILES string of the molecule is CCN(CCOC)Cc1cccc(Cl)n1. The number of rotatable bonds is 6. The van der Waals surface area contributed by atoms with Gasteiger partial charge >= 0.3 is 0 Å². The zero-order valence-electron chi connectivity index (χ0n) is 9.24. The van der Waals surface area contributed by atoms with E-state index in [4.69, 9.17) is 16.3 Å². The molecule has 1 rings (SSSR count). The Labute approximate surface area is 96.0 Å². The lowest BCUT2D eigenvalue weighted by Gasteiger charge is -2.19. The zero-order valence-corrected chi connectivity index (χ0v) is 10.00. The summed E-state index contributed by atoms with van der Waals surface area (Å²) in [7, 11) is 1.71. The molecule has 0 aliphatic heterocycles. The molecule has 0 saturated heterocycles. The van der Waals surface area contributed by atoms with Gasteiger partial charge in [-0.1, -0.05) is 24.6 Å². The summed E-state index contributed by atoms with van der Waals surface area (Å²) in [5.74, 6) is 0. The van der Waals surface area contributed by atoms with Crippen molar-refractivity contribution in [2.75, 3.05) is 26.8 Å². The lowest BCUT2D eigenvalue weighted by Crippen LogP contribution is -2.27. The zero-order chi connectivity index (χ0) is 11.1. The van der Waals surface area contributed by atoms with E-state index < -0.39 is 0 Å². The van der Waals surface area contributed by atoms with Crippen molar-refractivity contribution in [2.45, 2.75) is 13.5 Å². The molecule has 0 unspecified atom stereocenters. The van der Waals surface area contributed by atoms with Crippen molar-refractivity contribution in [3.05, 3.63) is 29.0 Å². The van der Waals surface area contributed by atoms with Crippen molar-refractivity contribution in [1.29, 1.82) is 0 Å². The smallest absolute Gasteiger partial charge is 0.129 e. The maximum atomic E-state index is 5.82. The van der Waals surface area contributed by atoms with Crippen LogP contribution < -0.4 is 0 Å². The third kappa shape index (κ3) is 4.60. The second kappa shape index (κ2) is 6.77. The number of nitrogens with zero attached hydrogens (tertiary/aromatic N) is 2. The average molecular weight is 229 g/mol. The Bertz CT molecular complexity index is 294. The molecule has 3 nitrogen and oxygen atoms in total. The fourth-order valence-electron chi connectivity index (χ4n) is 1.34. The Balaban J connectivity index is 2.50. The van der Waals surface area contributed by atoms with Crippen molar-refractivity contribution in [3.63, 3.8) is 0 Å². The summed E-state index contributed by atoms with van der Waals surface area (Å²) in [6.45, 7) is 5.59. The molecule has 0 amide bonds. The van der Waals surface area contributed by atoms with Crippen LogP contribution in [0.1, 0.15) is 12.6 Å². The molecule has 1 heterocycles. The monoisotopic (exact) mass is 228 g/mol. The molecular weight excluding hydrogens is 212 g/mol. The normalized spacial score (nSPS) is 10.9. The molecule has 1 aromatic heterocycles. The second-order valence-electron chi connectivity index (χ2n) is 3.31. The van der Waals surface area contributed by atoms with Crippen LogP contribution in [0, 0.1) is 0 Å². The molecule has 0 aliphatic rings. The number of likely N-dealkylation sites (N-methyl/N-ethyl adjacent to an activating group) is 1. The van der Waals surface area contributed by atoms with Gasteiger partial charge in [-0.15, -0.1) is 0 Å². The molecule has 0 N–H and O–H groups in total. The standard InChI is InChI=1S/C11H17ClN2O/c1-3-14(7-8-15-2)9-10-5-4-6-11(12)13-10/h4-6H,3,7-9H2,1-2H3. The van der Waals surface area contributed by atoms with E-state index in [0.29, 0.717) is 5.15 Å². The molecule has 1 aromatic rings. The number of ether oxygens (including phenoxy) is 1. The van der Waals surface area contributed by atoms with Crippen LogP contribution in [0.3, 0.4) is 0 Å². The first-order valence-electron chi connectivity index (χ1n) is 5.09. The lowest BCUT2D eigenvalue weighted by atomic mass is 10.3. The highest BCUT2D eigenvalue weighted by Crippen LogP contribution is 2.07. The summed E-state index contributed by atoms with van der Waals surface area (Å²) in [5.41, 5.74) is 1.00. The number of hydrogen-bond acceptors (Lipinski definition) is 3. The predicted octanol–water partition coefficient (Wildman–Crippen LogP) is 2.20. The van der Waals surface area contributed by atoms with Crippen LogP contribution in [-0.4, -0.2) is 36.7 Å². The van der Waals surface area contributed by atoms with Gasteiger partial charge in [-0.05, 0) is 18.7 Å². The van der Waals surface area contributed by atoms with Crippen LogP contribution in [0.15, 0.2) is 18.2 Å². The van der Waals surface area contributed by atoms with Crippen LogP contribution >= 0.6 is 11.6 Å². The van der Waals surface area contributed by atoms with Gasteiger partial charge in [-0.2, -0.15) is 0 Å². The largest absolute Gasteiger partial charge is 0.383 e. The third-order valence-corrected chi connectivity index (χ3v) is 2.43. The molecular formula is C11H17ClN2O. The molecule has 0 spiro atoms. The minimum absolute atomic E-state index is 0.551. The quantitative estimate of drug-likeness (QED) is 0.698. The Hall–Kier alpha value is -0.640. The molecule has 0 fully saturated rings. The minimum Gasteiger partial charge on any atom is -0.383 e. The van der Waals surface area contributed by atoms with Crippen LogP contribution in [0.5, 0.6) is 0 Å². The summed E-state index contributed by atoms with van der Waals surface area (Å²) in [6, 6.07) is 5.70. The Morgan fingerprint density at radius 1 is 1.47 bits per heavy atom. The topological polar surface area (TPSA) is 25.4 Å². The highest BCUT2D eigenvalue weighted by Gasteiger charge is 2.04. The van der Waals surface area contributed by atoms with E-state index in [9.17, 15) is 0 Å². The van der Waals surface area contributed by atoms with Gasteiger partial charge in [0.05, 0.1) is 12.3 Å². The van der Waals surface area contributed by atoms with Crippen molar-refractivity contribution in [1.82, 2.24) is 9.88 Å². The molecule has 0 radical (unpaired) electrons. The van der Waals surface area contributed by atoms with E-state index in [0.717, 1.165) is 31.9 Å². The highest BCUT2D eigenvalue weighted by molar-refractivity contribution is 6.29. The Morgan fingerprint density at radius 2 is 2.27 bits per heavy atom. The van der Waals surface area contributed by atoms with Crippen molar-refractivity contribution < 1.29 is 4.74 Å². The fraction of sp³-hybridized carbons (Fsp3) is 0.545. The van der Waals surface area contributed by atoms with Crippen LogP contribution in [0.25, 0.3) is 0 Å². The van der Waals surface area contributed by atoms with E-state index in [1.165, 1.54) is 0 Å².